The zero-order valence-electron chi connectivity index (χ0n) is 37.3. The average Bonchev–Trinajstić information content (AvgIpc) is 4.04. The summed E-state index contributed by atoms with van der Waals surface area (Å²) in [4.78, 5) is 83.5. The van der Waals surface area contributed by atoms with E-state index in [1.54, 1.807) is 42.6 Å². The number of amides is 5. The number of anilines is 2. The number of fused-ring (bicyclic) bond motifs is 6. The molecule has 8 heterocycles. The lowest BCUT2D eigenvalue weighted by molar-refractivity contribution is -0.136. The molecule has 17 nitrogen and oxygen atoms in total. The number of nitrogens with zero attached hydrogens (tertiary/aromatic N) is 6. The summed E-state index contributed by atoms with van der Waals surface area (Å²) in [6, 6.07) is 11.9. The van der Waals surface area contributed by atoms with E-state index in [1.807, 2.05) is 0 Å². The van der Waals surface area contributed by atoms with Crippen LogP contribution in [0.2, 0.25) is 0 Å². The standard InChI is InChI=1S/C50H46F2N10O7/c1-3-31-35(51)13-10-27-6-4-7-32(39(27)31)42-41(52)43-34(19-53-42)44(60-21-28-11-12-29(22-60)56-28)59-48(58-43)69-24-50-17-16-30(61(50)20-26(2)18-50)23-68-49(67)55-25-54-36-9-5-8-33-40(36)47(66)62(46(33)65)37-14-15-38(63)57-45(37)64/h1,4-10,13,19,28-30,37,54,56H,2,11-12,14-18,20-25H2,(H,55,67)(H,57,63,64)/t28?,29?,30-,37?,50-/m0/s1. The molecule has 6 aliphatic heterocycles. The van der Waals surface area contributed by atoms with Gasteiger partial charge in [0.25, 0.3) is 11.8 Å². The van der Waals surface area contributed by atoms with Crippen LogP contribution in [0.1, 0.15) is 71.2 Å². The molecule has 2 bridgehead atoms. The lowest BCUT2D eigenvalue weighted by Crippen LogP contribution is -2.54. The topological polar surface area (TPSA) is 200 Å². The summed E-state index contributed by atoms with van der Waals surface area (Å²) in [7, 11) is 0. The number of halogens is 2. The number of imide groups is 2. The molecule has 6 aliphatic rings. The maximum absolute atomic E-state index is 17.2. The molecule has 3 aromatic carbocycles. The average molecular weight is 937 g/mol. The Morgan fingerprint density at radius 2 is 1.78 bits per heavy atom. The van der Waals surface area contributed by atoms with Crippen LogP contribution in [0.3, 0.4) is 0 Å². The molecule has 5 aromatic rings. The predicted octanol–water partition coefficient (Wildman–Crippen LogP) is 4.78. The van der Waals surface area contributed by atoms with Crippen molar-refractivity contribution in [3.05, 3.63) is 95.2 Å². The fourth-order valence-corrected chi connectivity index (χ4v) is 11.2. The number of alkyl carbamates (subject to hydrolysis) is 1. The summed E-state index contributed by atoms with van der Waals surface area (Å²) in [6.07, 6.45) is 10.7. The molecule has 11 rings (SSSR count). The number of nitrogens with one attached hydrogen (secondary N) is 4. The van der Waals surface area contributed by atoms with Crippen molar-refractivity contribution in [2.24, 2.45) is 0 Å². The number of piperazine rings is 1. The third kappa shape index (κ3) is 7.63. The number of aromatic nitrogens is 3. The van der Waals surface area contributed by atoms with Crippen molar-refractivity contribution in [3.8, 4) is 29.6 Å². The van der Waals surface area contributed by atoms with Gasteiger partial charge >= 0.3 is 12.1 Å². The van der Waals surface area contributed by atoms with E-state index in [4.69, 9.17) is 25.9 Å². The molecule has 5 fully saturated rings. The van der Waals surface area contributed by atoms with Crippen LogP contribution < -0.4 is 30.9 Å². The van der Waals surface area contributed by atoms with E-state index < -0.39 is 52.9 Å². The van der Waals surface area contributed by atoms with Gasteiger partial charge in [0.1, 0.15) is 42.1 Å². The normalized spacial score (nSPS) is 24.2. The molecular weight excluding hydrogens is 891 g/mol. The van der Waals surface area contributed by atoms with Crippen LogP contribution in [0.25, 0.3) is 32.9 Å². The molecule has 19 heteroatoms. The molecule has 0 saturated carbocycles. The van der Waals surface area contributed by atoms with E-state index in [9.17, 15) is 24.0 Å². The fraction of sp³-hybridized carbons (Fsp3) is 0.360. The first-order valence-corrected chi connectivity index (χ1v) is 23.0. The molecule has 4 N–H and O–H groups in total. The molecule has 69 heavy (non-hydrogen) atoms. The van der Waals surface area contributed by atoms with Crippen LogP contribution in [-0.2, 0) is 14.3 Å². The molecule has 5 atom stereocenters. The van der Waals surface area contributed by atoms with Crippen molar-refractivity contribution in [1.29, 1.82) is 0 Å². The van der Waals surface area contributed by atoms with Gasteiger partial charge in [0.15, 0.2) is 5.82 Å². The van der Waals surface area contributed by atoms with Gasteiger partial charge in [0, 0.05) is 67.0 Å². The lowest BCUT2D eigenvalue weighted by atomic mass is 9.94. The molecule has 5 amide bonds. The lowest BCUT2D eigenvalue weighted by Gasteiger charge is -2.35. The second-order valence-electron chi connectivity index (χ2n) is 18.6. The molecule has 5 saturated heterocycles. The van der Waals surface area contributed by atoms with Gasteiger partial charge in [-0.05, 0) is 62.1 Å². The number of ether oxygens (including phenoxy) is 2. The maximum atomic E-state index is 17.2. The summed E-state index contributed by atoms with van der Waals surface area (Å²) in [5.74, 6) is -0.860. The maximum Gasteiger partial charge on any atom is 0.408 e. The molecule has 3 unspecified atom stereocenters. The minimum atomic E-state index is -1.11. The first-order chi connectivity index (χ1) is 33.4. The van der Waals surface area contributed by atoms with Crippen LogP contribution in [-0.4, -0.2) is 124 Å². The summed E-state index contributed by atoms with van der Waals surface area (Å²) < 4.78 is 44.4. The Hall–Kier alpha value is -7.56. The molecular formula is C50H46F2N10O7. The third-order valence-corrected chi connectivity index (χ3v) is 14.4. The number of rotatable bonds is 11. The zero-order valence-corrected chi connectivity index (χ0v) is 37.3. The number of hydrogen-bond acceptors (Lipinski definition) is 14. The van der Waals surface area contributed by atoms with Gasteiger partial charge in [-0.3, -0.25) is 39.3 Å². The van der Waals surface area contributed by atoms with Crippen LogP contribution in [0.5, 0.6) is 6.01 Å². The van der Waals surface area contributed by atoms with Crippen molar-refractivity contribution in [2.45, 2.75) is 74.7 Å². The summed E-state index contributed by atoms with van der Waals surface area (Å²) in [5, 5.41) is 12.9. The van der Waals surface area contributed by atoms with Crippen LogP contribution in [0, 0.1) is 24.0 Å². The van der Waals surface area contributed by atoms with Crippen molar-refractivity contribution in [2.75, 3.05) is 49.7 Å². The molecule has 0 radical (unpaired) electrons. The van der Waals surface area contributed by atoms with Crippen LogP contribution in [0.4, 0.5) is 25.1 Å². The number of piperidine rings is 1. The summed E-state index contributed by atoms with van der Waals surface area (Å²) in [6.45, 7) is 6.20. The second-order valence-corrected chi connectivity index (χ2v) is 18.6. The van der Waals surface area contributed by atoms with Crippen molar-refractivity contribution in [1.82, 2.24) is 40.7 Å². The van der Waals surface area contributed by atoms with Crippen LogP contribution in [0.15, 0.2) is 66.9 Å². The highest BCUT2D eigenvalue weighted by Crippen LogP contribution is 2.45. The number of pyridine rings is 1. The van der Waals surface area contributed by atoms with E-state index in [-0.39, 0.29) is 90.4 Å². The number of carbonyl (C=O) groups excluding carboxylic acids is 5. The fourth-order valence-electron chi connectivity index (χ4n) is 11.2. The van der Waals surface area contributed by atoms with Gasteiger partial charge < -0.3 is 30.3 Å². The van der Waals surface area contributed by atoms with E-state index in [2.05, 4.69) is 48.6 Å². The molecule has 0 aliphatic carbocycles. The minimum absolute atomic E-state index is 0.000566. The number of hydrogen-bond donors (Lipinski definition) is 4. The van der Waals surface area contributed by atoms with Gasteiger partial charge in [-0.15, -0.1) is 6.42 Å². The smallest absolute Gasteiger partial charge is 0.408 e. The second kappa shape index (κ2) is 17.2. The Bertz CT molecular complexity index is 3100. The Morgan fingerprint density at radius 1 is 0.986 bits per heavy atom. The van der Waals surface area contributed by atoms with E-state index in [0.717, 1.165) is 23.3 Å². The molecule has 2 aromatic heterocycles. The third-order valence-electron chi connectivity index (χ3n) is 14.4. The number of carbonyl (C=O) groups is 5. The van der Waals surface area contributed by atoms with Gasteiger partial charge in [0.05, 0.1) is 34.3 Å². The highest BCUT2D eigenvalue weighted by atomic mass is 19.1. The van der Waals surface area contributed by atoms with Gasteiger partial charge in [0.2, 0.25) is 11.8 Å². The Labute approximate surface area is 394 Å². The number of benzene rings is 3. The van der Waals surface area contributed by atoms with Crippen LogP contribution >= 0.6 is 0 Å². The van der Waals surface area contributed by atoms with E-state index >= 15 is 8.78 Å². The Balaban J connectivity index is 0.787. The summed E-state index contributed by atoms with van der Waals surface area (Å²) >= 11 is 0. The van der Waals surface area contributed by atoms with Gasteiger partial charge in [-0.2, -0.15) is 9.97 Å². The monoisotopic (exact) mass is 936 g/mol. The first kappa shape index (κ1) is 44.0. The molecule has 352 valence electrons. The first-order valence-electron chi connectivity index (χ1n) is 23.0. The van der Waals surface area contributed by atoms with Gasteiger partial charge in [-0.25, -0.2) is 13.6 Å². The van der Waals surface area contributed by atoms with E-state index in [1.165, 1.54) is 12.1 Å². The SMILES string of the molecule is C#Cc1c(F)ccc2cccc(-c3ncc4c(N5CC6CCC(C5)N6)nc(OC[C@@]56CC[C@@H](COC(=O)NCNc7cccc8c7C(=O)N(C7CCC(=O)NC7=O)C8=O)N5CC(=C)C6)nc4c3F)c12. The quantitative estimate of drug-likeness (QED) is 0.0610. The highest BCUT2D eigenvalue weighted by molar-refractivity contribution is 6.25. The largest absolute Gasteiger partial charge is 0.461 e. The zero-order chi connectivity index (χ0) is 47.7. The van der Waals surface area contributed by atoms with Crippen molar-refractivity contribution >= 4 is 62.9 Å². The Kier molecular flexibility index (Phi) is 11.0. The summed E-state index contributed by atoms with van der Waals surface area (Å²) in [5.41, 5.74) is 1.21. The number of terminal acetylenes is 1. The molecule has 0 spiro atoms. The van der Waals surface area contributed by atoms with Crippen molar-refractivity contribution in [3.63, 3.8) is 0 Å². The minimum Gasteiger partial charge on any atom is -0.461 e. The Morgan fingerprint density at radius 3 is 2.58 bits per heavy atom. The predicted molar refractivity (Wildman–Crippen MR) is 248 cm³/mol. The van der Waals surface area contributed by atoms with E-state index in [0.29, 0.717) is 66.4 Å². The highest BCUT2D eigenvalue weighted by Gasteiger charge is 2.52. The van der Waals surface area contributed by atoms with Crippen molar-refractivity contribution < 1.29 is 42.2 Å². The van der Waals surface area contributed by atoms with Gasteiger partial charge in [-0.1, -0.05) is 48.4 Å².